The minimum Gasteiger partial charge on any atom is -0.195 e. The first-order chi connectivity index (χ1) is 13.8. The van der Waals surface area contributed by atoms with Gasteiger partial charge in [0.2, 0.25) is 0 Å². The van der Waals surface area contributed by atoms with Gasteiger partial charge in [-0.15, -0.1) is 23.2 Å². The zero-order chi connectivity index (χ0) is 19.7. The van der Waals surface area contributed by atoms with Crippen LogP contribution in [0.2, 0.25) is 0 Å². The average Bonchev–Trinajstić information content (AvgIpc) is 2.78. The highest BCUT2D eigenvalue weighted by molar-refractivity contribution is 7.19. The van der Waals surface area contributed by atoms with Crippen LogP contribution < -0.4 is 21.9 Å². The van der Waals surface area contributed by atoms with E-state index in [2.05, 4.69) is 121 Å². The van der Waals surface area contributed by atoms with Gasteiger partial charge in [-0.3, -0.25) is 0 Å². The van der Waals surface area contributed by atoms with Crippen LogP contribution >= 0.6 is 23.2 Å². The molecule has 28 heavy (non-hydrogen) atoms. The van der Waals surface area contributed by atoms with Crippen molar-refractivity contribution in [3.8, 4) is 0 Å². The van der Waals surface area contributed by atoms with E-state index >= 15 is 0 Å². The third-order valence-electron chi connectivity index (χ3n) is 5.20. The van der Waals surface area contributed by atoms with Crippen LogP contribution in [0.4, 0.5) is 0 Å². The Balaban J connectivity index is 0.000000706. The molecule has 0 bridgehead atoms. The molecular weight excluding hydrogens is 382 g/mol. The van der Waals surface area contributed by atoms with Crippen molar-refractivity contribution in [3.05, 3.63) is 121 Å². The lowest BCUT2D eigenvalue weighted by atomic mass is 9.13. The molecule has 0 radical (unpaired) electrons. The summed E-state index contributed by atoms with van der Waals surface area (Å²) >= 11 is 9.53. The summed E-state index contributed by atoms with van der Waals surface area (Å²) in [5, 5.41) is 0.194. The fourth-order valence-corrected chi connectivity index (χ4v) is 4.12. The molecule has 0 unspecified atom stereocenters. The Hall–Kier alpha value is -2.48. The Labute approximate surface area is 177 Å². The molecule has 0 saturated heterocycles. The van der Waals surface area contributed by atoms with Crippen molar-refractivity contribution < 1.29 is 0 Å². The molecule has 0 heterocycles. The van der Waals surface area contributed by atoms with Gasteiger partial charge in [0, 0.05) is 0 Å². The van der Waals surface area contributed by atoms with Gasteiger partial charge in [-0.1, -0.05) is 121 Å². The first-order valence-electron chi connectivity index (χ1n) is 9.33. The summed E-state index contributed by atoms with van der Waals surface area (Å²) in [6.45, 7) is 0. The molecule has 4 rings (SSSR count). The minimum atomic E-state index is -1.22. The monoisotopic (exact) mass is 403 g/mol. The molecule has 0 aliphatic rings. The summed E-state index contributed by atoms with van der Waals surface area (Å²) in [6, 6.07) is 43.5. The van der Waals surface area contributed by atoms with Crippen molar-refractivity contribution >= 4 is 51.2 Å². The normalized spacial score (nSPS) is 10.6. The van der Waals surface area contributed by atoms with E-state index in [1.807, 2.05) is 0 Å². The van der Waals surface area contributed by atoms with Crippen molar-refractivity contribution in [1.29, 1.82) is 0 Å². The lowest BCUT2D eigenvalue weighted by Gasteiger charge is -2.44. The second-order valence-corrected chi connectivity index (χ2v) is 7.42. The molecule has 0 aliphatic heterocycles. The van der Waals surface area contributed by atoms with Crippen LogP contribution in [0.25, 0.3) is 0 Å². The Morgan fingerprint density at radius 1 is 0.393 bits per heavy atom. The van der Waals surface area contributed by atoms with Crippen LogP contribution in [0, 0.1) is 0 Å². The zero-order valence-electron chi connectivity index (χ0n) is 15.6. The smallest absolute Gasteiger partial charge is 0.108 e. The lowest BCUT2D eigenvalue weighted by Crippen LogP contribution is -2.74. The van der Waals surface area contributed by atoms with E-state index in [1.165, 1.54) is 21.9 Å². The molecule has 4 aromatic rings. The van der Waals surface area contributed by atoms with Gasteiger partial charge in [0.1, 0.15) is 6.15 Å². The predicted molar refractivity (Wildman–Crippen MR) is 127 cm³/mol. The van der Waals surface area contributed by atoms with E-state index in [0.29, 0.717) is 0 Å². The Bertz CT molecular complexity index is 779. The molecule has 0 amide bonds. The second-order valence-electron chi connectivity index (χ2n) is 6.61. The molecule has 0 aliphatic carbocycles. The number of halogens is 2. The molecule has 0 atom stereocenters. The predicted octanol–water partition coefficient (Wildman–Crippen LogP) is 4.49. The van der Waals surface area contributed by atoms with E-state index < -0.39 is 6.15 Å². The van der Waals surface area contributed by atoms with E-state index in [0.717, 1.165) is 0 Å². The maximum atomic E-state index is 4.76. The number of hydrogen-bond donors (Lipinski definition) is 0. The largest absolute Gasteiger partial charge is 0.195 e. The summed E-state index contributed by atoms with van der Waals surface area (Å²) in [4.78, 5) is 0. The third-order valence-corrected chi connectivity index (χ3v) is 5.20. The molecule has 3 heteroatoms. The Morgan fingerprint density at radius 2 is 0.571 bits per heavy atom. The first kappa shape index (κ1) is 20.3. The molecule has 0 aromatic heterocycles. The summed E-state index contributed by atoms with van der Waals surface area (Å²) in [5.41, 5.74) is 5.36. The van der Waals surface area contributed by atoms with Crippen LogP contribution in [0.1, 0.15) is 0 Å². The van der Waals surface area contributed by atoms with Crippen LogP contribution in [-0.2, 0) is 0 Å². The molecule has 0 fully saturated rings. The quantitative estimate of drug-likeness (QED) is 0.348. The van der Waals surface area contributed by atoms with Crippen molar-refractivity contribution in [3.63, 3.8) is 0 Å². The molecule has 0 N–H and O–H groups in total. The number of alkyl halides is 2. The Kier molecular flexibility index (Phi) is 7.36. The van der Waals surface area contributed by atoms with Crippen molar-refractivity contribution in [2.45, 2.75) is 0 Å². The standard InChI is InChI=1S/C24H20B.CH2Cl2/c1-5-13-21(14-6-1)25(22-15-7-2-8-16-22,23-17-9-3-10-18-23)24-19-11-4-12-20-24;2-1-3/h1-20H;1H2/q-1;. The maximum Gasteiger partial charge on any atom is 0.108 e. The highest BCUT2D eigenvalue weighted by Crippen LogP contribution is 2.09. The SMILES string of the molecule is ClCCl.c1ccc([B-](c2ccccc2)(c2ccccc2)c2ccccc2)cc1. The number of benzene rings is 4. The van der Waals surface area contributed by atoms with Crippen molar-refractivity contribution in [1.82, 2.24) is 0 Å². The van der Waals surface area contributed by atoms with Crippen LogP contribution in [0.15, 0.2) is 121 Å². The highest BCUT2D eigenvalue weighted by atomic mass is 35.5. The molecule has 0 saturated carbocycles. The van der Waals surface area contributed by atoms with Gasteiger partial charge in [-0.05, 0) is 0 Å². The zero-order valence-corrected chi connectivity index (χ0v) is 17.1. The molecule has 0 nitrogen and oxygen atoms in total. The fourth-order valence-electron chi connectivity index (χ4n) is 4.12. The second kappa shape index (κ2) is 10.2. The van der Waals surface area contributed by atoms with Crippen molar-refractivity contribution in [2.24, 2.45) is 0 Å². The first-order valence-corrected chi connectivity index (χ1v) is 10.4. The lowest BCUT2D eigenvalue weighted by molar-refractivity contribution is 1.66. The summed E-state index contributed by atoms with van der Waals surface area (Å²) < 4.78 is 0. The summed E-state index contributed by atoms with van der Waals surface area (Å²) in [5.74, 6) is 0. The van der Waals surface area contributed by atoms with Gasteiger partial charge in [0.25, 0.3) is 0 Å². The van der Waals surface area contributed by atoms with Crippen LogP contribution in [0.3, 0.4) is 0 Å². The van der Waals surface area contributed by atoms with Gasteiger partial charge in [0.15, 0.2) is 0 Å². The van der Waals surface area contributed by atoms with Crippen LogP contribution in [-0.4, -0.2) is 11.5 Å². The molecule has 0 spiro atoms. The van der Waals surface area contributed by atoms with Gasteiger partial charge < -0.3 is 0 Å². The van der Waals surface area contributed by atoms with Crippen LogP contribution in [0.5, 0.6) is 0 Å². The molecule has 4 aromatic carbocycles. The topological polar surface area (TPSA) is 0 Å². The van der Waals surface area contributed by atoms with Gasteiger partial charge in [0.05, 0.1) is 5.34 Å². The average molecular weight is 404 g/mol. The molecule has 140 valence electrons. The van der Waals surface area contributed by atoms with E-state index in [9.17, 15) is 0 Å². The number of hydrogen-bond acceptors (Lipinski definition) is 0. The van der Waals surface area contributed by atoms with E-state index in [1.54, 1.807) is 0 Å². The third kappa shape index (κ3) is 4.17. The molecular formula is C25H22BCl2-. The van der Waals surface area contributed by atoms with Gasteiger partial charge >= 0.3 is 0 Å². The van der Waals surface area contributed by atoms with Crippen molar-refractivity contribution in [2.75, 3.05) is 5.34 Å². The maximum absolute atomic E-state index is 4.76. The fraction of sp³-hybridized carbons (Fsp3) is 0.0400. The van der Waals surface area contributed by atoms with E-state index in [-0.39, 0.29) is 5.34 Å². The highest BCUT2D eigenvalue weighted by Gasteiger charge is 2.30. The summed E-state index contributed by atoms with van der Waals surface area (Å²) in [6.07, 6.45) is -1.22. The summed E-state index contributed by atoms with van der Waals surface area (Å²) in [7, 11) is 0. The van der Waals surface area contributed by atoms with E-state index in [4.69, 9.17) is 23.2 Å². The van der Waals surface area contributed by atoms with Gasteiger partial charge in [-0.2, -0.15) is 21.9 Å². The van der Waals surface area contributed by atoms with Gasteiger partial charge in [-0.25, -0.2) is 0 Å². The number of rotatable bonds is 4. The minimum absolute atomic E-state index is 0.194. The Morgan fingerprint density at radius 3 is 0.750 bits per heavy atom.